The summed E-state index contributed by atoms with van der Waals surface area (Å²) in [6.07, 6.45) is 25.6. The van der Waals surface area contributed by atoms with Gasteiger partial charge in [-0.25, -0.2) is 0 Å². The van der Waals surface area contributed by atoms with Crippen molar-refractivity contribution in [3.8, 4) is 0 Å². The molecule has 0 amide bonds. The van der Waals surface area contributed by atoms with Crippen LogP contribution in [0.5, 0.6) is 0 Å². The van der Waals surface area contributed by atoms with E-state index < -0.39 is 0 Å². The third-order valence-electron chi connectivity index (χ3n) is 4.66. The molecule has 0 unspecified atom stereocenters. The molecule has 0 N–H and O–H groups in total. The summed E-state index contributed by atoms with van der Waals surface area (Å²) in [6.45, 7) is 4.47. The van der Waals surface area contributed by atoms with Gasteiger partial charge in [0.25, 0.3) is 0 Å². The van der Waals surface area contributed by atoms with Crippen molar-refractivity contribution in [2.24, 2.45) is 5.92 Å². The molecule has 0 aliphatic heterocycles. The van der Waals surface area contributed by atoms with Gasteiger partial charge in [0.15, 0.2) is 0 Å². The second-order valence-corrected chi connectivity index (χ2v) is 7.02. The quantitative estimate of drug-likeness (QED) is 0.155. The summed E-state index contributed by atoms with van der Waals surface area (Å²) < 4.78 is 4.98. The van der Waals surface area contributed by atoms with Crippen LogP contribution in [0.4, 0.5) is 0 Å². The van der Waals surface area contributed by atoms with Gasteiger partial charge in [-0.15, -0.1) is 0 Å². The minimum absolute atomic E-state index is 0.0288. The molecule has 0 bridgehead atoms. The predicted octanol–water partition coefficient (Wildman–Crippen LogP) is 7.39. The minimum Gasteiger partial charge on any atom is -0.469 e. The van der Waals surface area contributed by atoms with Crippen molar-refractivity contribution in [3.05, 3.63) is 24.3 Å². The predicted molar refractivity (Wildman–Crippen MR) is 110 cm³/mol. The first-order valence-corrected chi connectivity index (χ1v) is 10.6. The first-order valence-electron chi connectivity index (χ1n) is 10.6. The van der Waals surface area contributed by atoms with Crippen LogP contribution < -0.4 is 0 Å². The average Bonchev–Trinajstić information content (AvgIpc) is 2.63. The Hall–Kier alpha value is -1.05. The van der Waals surface area contributed by atoms with Gasteiger partial charge in [0.1, 0.15) is 0 Å². The van der Waals surface area contributed by atoms with Gasteiger partial charge in [0.05, 0.1) is 13.0 Å². The second-order valence-electron chi connectivity index (χ2n) is 7.02. The molecule has 0 aromatic carbocycles. The zero-order valence-electron chi connectivity index (χ0n) is 17.1. The highest BCUT2D eigenvalue weighted by Crippen LogP contribution is 2.18. The van der Waals surface area contributed by atoms with Crippen molar-refractivity contribution in [2.75, 3.05) is 7.11 Å². The van der Waals surface area contributed by atoms with E-state index in [2.05, 4.69) is 38.2 Å². The van der Waals surface area contributed by atoms with Crippen LogP contribution in [0, 0.1) is 5.92 Å². The second kappa shape index (κ2) is 19.3. The summed E-state index contributed by atoms with van der Waals surface area (Å²) in [5.74, 6) is 0.0471. The summed E-state index contributed by atoms with van der Waals surface area (Å²) in [7, 11) is 1.51. The van der Waals surface area contributed by atoms with Crippen LogP contribution in [0.15, 0.2) is 24.3 Å². The van der Waals surface area contributed by atoms with E-state index in [9.17, 15) is 4.79 Å². The lowest BCUT2D eigenvalue weighted by Gasteiger charge is -2.13. The Morgan fingerprint density at radius 2 is 1.12 bits per heavy atom. The highest BCUT2D eigenvalue weighted by atomic mass is 16.5. The number of hydrogen-bond donors (Lipinski definition) is 0. The Labute approximate surface area is 157 Å². The fourth-order valence-corrected chi connectivity index (χ4v) is 3.01. The zero-order chi connectivity index (χ0) is 18.6. The molecule has 0 atom stereocenters. The van der Waals surface area contributed by atoms with Gasteiger partial charge in [-0.2, -0.15) is 0 Å². The molecule has 0 saturated carbocycles. The molecular formula is C23H42O2. The van der Waals surface area contributed by atoms with Crippen molar-refractivity contribution in [1.82, 2.24) is 0 Å². The van der Waals surface area contributed by atoms with Crippen LogP contribution in [0.1, 0.15) is 104 Å². The molecule has 0 aromatic heterocycles. The van der Waals surface area contributed by atoms with Crippen LogP contribution >= 0.6 is 0 Å². The molecule has 0 aliphatic rings. The molecule has 0 aliphatic carbocycles. The number of carbonyl (C=O) groups excluding carboxylic acids is 1. The first-order chi connectivity index (χ1) is 12.3. The van der Waals surface area contributed by atoms with E-state index in [1.807, 2.05) is 0 Å². The number of methoxy groups -OCH3 is 1. The van der Waals surface area contributed by atoms with Gasteiger partial charge >= 0.3 is 5.97 Å². The van der Waals surface area contributed by atoms with Crippen LogP contribution in [0.2, 0.25) is 0 Å². The Bertz CT molecular complexity index is 318. The van der Waals surface area contributed by atoms with E-state index in [-0.39, 0.29) is 11.9 Å². The third-order valence-corrected chi connectivity index (χ3v) is 4.66. The lowest BCUT2D eigenvalue weighted by molar-refractivity contribution is -0.146. The molecule has 0 fully saturated rings. The fraction of sp³-hybridized carbons (Fsp3) is 0.783. The summed E-state index contributed by atoms with van der Waals surface area (Å²) in [5, 5.41) is 0. The topological polar surface area (TPSA) is 26.3 Å². The lowest BCUT2D eigenvalue weighted by atomic mass is 9.95. The van der Waals surface area contributed by atoms with Gasteiger partial charge in [0.2, 0.25) is 0 Å². The normalized spacial score (nSPS) is 11.8. The van der Waals surface area contributed by atoms with Crippen LogP contribution in [-0.2, 0) is 9.53 Å². The van der Waals surface area contributed by atoms with E-state index in [4.69, 9.17) is 4.74 Å². The first kappa shape index (κ1) is 23.9. The standard InChI is InChI=1S/C23H42O2/c1-4-6-8-10-12-14-16-18-20-22(23(24)25-3)21-19-17-15-13-11-9-7-5-2/h12-15,22H,4-11,16-21H2,1-3H3/b14-12-,15-13-. The Kier molecular flexibility index (Phi) is 18.5. The average molecular weight is 351 g/mol. The molecule has 0 heterocycles. The maximum absolute atomic E-state index is 11.9. The SMILES string of the molecule is CCCCC/C=C\CCCC(CCC/C=C\CCCCC)C(=O)OC. The number of rotatable bonds is 17. The Morgan fingerprint density at radius 1 is 0.720 bits per heavy atom. The molecule has 146 valence electrons. The van der Waals surface area contributed by atoms with E-state index >= 15 is 0 Å². The lowest BCUT2D eigenvalue weighted by Crippen LogP contribution is -2.16. The number of hydrogen-bond acceptors (Lipinski definition) is 2. The molecule has 0 aromatic rings. The maximum atomic E-state index is 11.9. The number of ether oxygens (including phenoxy) is 1. The molecular weight excluding hydrogens is 308 g/mol. The third kappa shape index (κ3) is 16.2. The van der Waals surface area contributed by atoms with Crippen molar-refractivity contribution in [1.29, 1.82) is 0 Å². The zero-order valence-corrected chi connectivity index (χ0v) is 17.1. The Morgan fingerprint density at radius 3 is 1.48 bits per heavy atom. The number of carbonyl (C=O) groups is 1. The number of unbranched alkanes of at least 4 members (excludes halogenated alkanes) is 8. The van der Waals surface area contributed by atoms with Crippen molar-refractivity contribution < 1.29 is 9.53 Å². The number of allylic oxidation sites excluding steroid dienone is 4. The van der Waals surface area contributed by atoms with Crippen molar-refractivity contribution in [3.63, 3.8) is 0 Å². The van der Waals surface area contributed by atoms with Gasteiger partial charge in [0, 0.05) is 0 Å². The highest BCUT2D eigenvalue weighted by Gasteiger charge is 2.17. The summed E-state index contributed by atoms with van der Waals surface area (Å²) in [5.41, 5.74) is 0. The molecule has 0 radical (unpaired) electrons. The molecule has 2 heteroatoms. The van der Waals surface area contributed by atoms with Crippen LogP contribution in [0.3, 0.4) is 0 Å². The summed E-state index contributed by atoms with van der Waals surface area (Å²) in [6, 6.07) is 0. The van der Waals surface area contributed by atoms with Crippen molar-refractivity contribution >= 4 is 5.97 Å². The van der Waals surface area contributed by atoms with Gasteiger partial charge in [-0.3, -0.25) is 4.79 Å². The summed E-state index contributed by atoms with van der Waals surface area (Å²) >= 11 is 0. The maximum Gasteiger partial charge on any atom is 0.308 e. The summed E-state index contributed by atoms with van der Waals surface area (Å²) in [4.78, 5) is 11.9. The molecule has 2 nitrogen and oxygen atoms in total. The van der Waals surface area contributed by atoms with E-state index in [1.165, 1.54) is 58.5 Å². The molecule has 0 saturated heterocycles. The largest absolute Gasteiger partial charge is 0.469 e. The molecule has 0 spiro atoms. The monoisotopic (exact) mass is 350 g/mol. The number of esters is 1. The van der Waals surface area contributed by atoms with Gasteiger partial charge in [-0.1, -0.05) is 63.8 Å². The van der Waals surface area contributed by atoms with E-state index in [1.54, 1.807) is 0 Å². The molecule has 0 rings (SSSR count). The van der Waals surface area contributed by atoms with E-state index in [0.717, 1.165) is 38.5 Å². The van der Waals surface area contributed by atoms with Gasteiger partial charge in [-0.05, 0) is 64.2 Å². The Balaban J connectivity index is 3.84. The molecule has 25 heavy (non-hydrogen) atoms. The highest BCUT2D eigenvalue weighted by molar-refractivity contribution is 5.72. The fourth-order valence-electron chi connectivity index (χ4n) is 3.01. The van der Waals surface area contributed by atoms with Crippen LogP contribution in [0.25, 0.3) is 0 Å². The van der Waals surface area contributed by atoms with Crippen LogP contribution in [-0.4, -0.2) is 13.1 Å². The van der Waals surface area contributed by atoms with Gasteiger partial charge < -0.3 is 4.74 Å². The minimum atomic E-state index is -0.0288. The van der Waals surface area contributed by atoms with E-state index in [0.29, 0.717) is 0 Å². The smallest absolute Gasteiger partial charge is 0.308 e. The van der Waals surface area contributed by atoms with Crippen molar-refractivity contribution in [2.45, 2.75) is 104 Å².